The second kappa shape index (κ2) is 7.57. The maximum atomic E-state index is 12.2. The van der Waals surface area contributed by atoms with Crippen LogP contribution in [0.15, 0.2) is 42.5 Å². The molecule has 25 heavy (non-hydrogen) atoms. The van der Waals surface area contributed by atoms with E-state index in [-0.39, 0.29) is 24.2 Å². The fraction of sp³-hybridized carbons (Fsp3) is 0.263. The number of amides is 2. The number of ether oxygens (including phenoxy) is 1. The largest absolute Gasteiger partial charge is 0.493 e. The van der Waals surface area contributed by atoms with E-state index < -0.39 is 0 Å². The van der Waals surface area contributed by atoms with Crippen molar-refractivity contribution in [1.29, 1.82) is 0 Å². The molecule has 6 heteroatoms. The minimum atomic E-state index is -0.207. The number of hydrogen-bond acceptors (Lipinski definition) is 3. The fourth-order valence-corrected chi connectivity index (χ4v) is 3.23. The highest BCUT2D eigenvalue weighted by Crippen LogP contribution is 2.33. The number of benzene rings is 2. The van der Waals surface area contributed by atoms with Crippen molar-refractivity contribution in [3.8, 4) is 5.75 Å². The molecular formula is C19H19ClN2O3. The van der Waals surface area contributed by atoms with Crippen LogP contribution in [0.4, 0.5) is 11.4 Å². The molecule has 2 aromatic rings. The predicted octanol–water partition coefficient (Wildman–Crippen LogP) is 3.88. The number of nitrogens with one attached hydrogen (secondary N) is 2. The first-order chi connectivity index (χ1) is 12.1. The Labute approximate surface area is 151 Å². The summed E-state index contributed by atoms with van der Waals surface area (Å²) in [7, 11) is 1.50. The molecule has 0 aromatic heterocycles. The zero-order chi connectivity index (χ0) is 17.8. The fourth-order valence-electron chi connectivity index (χ4n) is 2.98. The Morgan fingerprint density at radius 2 is 2.08 bits per heavy atom. The van der Waals surface area contributed by atoms with Gasteiger partial charge in [-0.25, -0.2) is 0 Å². The summed E-state index contributed by atoms with van der Waals surface area (Å²) in [4.78, 5) is 24.4. The molecule has 0 saturated heterocycles. The molecule has 3 rings (SSSR count). The Morgan fingerprint density at radius 1 is 1.28 bits per heavy atom. The second-order valence-electron chi connectivity index (χ2n) is 5.95. The van der Waals surface area contributed by atoms with Gasteiger partial charge in [0.1, 0.15) is 0 Å². The first-order valence-corrected chi connectivity index (χ1v) is 8.47. The summed E-state index contributed by atoms with van der Waals surface area (Å²) >= 11 is 6.05. The number of carbonyl (C=O) groups excluding carboxylic acids is 2. The van der Waals surface area contributed by atoms with Gasteiger partial charge in [0.2, 0.25) is 11.8 Å². The van der Waals surface area contributed by atoms with Crippen molar-refractivity contribution < 1.29 is 14.3 Å². The summed E-state index contributed by atoms with van der Waals surface area (Å²) in [5.74, 6) is 0.0165. The lowest BCUT2D eigenvalue weighted by Gasteiger charge is -2.24. The average Bonchev–Trinajstić information content (AvgIpc) is 2.60. The number of hydrogen-bond donors (Lipinski definition) is 2. The molecule has 0 bridgehead atoms. The SMILES string of the molecule is COc1c(Cl)cccc1NC(=O)CCC1Cc2ccccc2NC1=O. The van der Waals surface area contributed by atoms with E-state index in [9.17, 15) is 9.59 Å². The molecule has 0 fully saturated rings. The van der Waals surface area contributed by atoms with Crippen LogP contribution in [-0.2, 0) is 16.0 Å². The van der Waals surface area contributed by atoms with Gasteiger partial charge in [0.05, 0.1) is 17.8 Å². The molecule has 1 heterocycles. The van der Waals surface area contributed by atoms with Gasteiger partial charge < -0.3 is 15.4 Å². The number of methoxy groups -OCH3 is 1. The van der Waals surface area contributed by atoms with E-state index in [1.54, 1.807) is 18.2 Å². The number of para-hydroxylation sites is 2. The quantitative estimate of drug-likeness (QED) is 0.852. The third kappa shape index (κ3) is 3.94. The van der Waals surface area contributed by atoms with Crippen molar-refractivity contribution in [2.45, 2.75) is 19.3 Å². The first-order valence-electron chi connectivity index (χ1n) is 8.09. The van der Waals surface area contributed by atoms with Crippen LogP contribution in [0.3, 0.4) is 0 Å². The highest BCUT2D eigenvalue weighted by atomic mass is 35.5. The Bertz CT molecular complexity index is 807. The number of fused-ring (bicyclic) bond motifs is 1. The maximum absolute atomic E-state index is 12.2. The van der Waals surface area contributed by atoms with Crippen molar-refractivity contribution in [3.05, 3.63) is 53.1 Å². The summed E-state index contributed by atoms with van der Waals surface area (Å²) in [6.45, 7) is 0. The van der Waals surface area contributed by atoms with Gasteiger partial charge in [0.25, 0.3) is 0 Å². The number of rotatable bonds is 5. The highest BCUT2D eigenvalue weighted by molar-refractivity contribution is 6.32. The van der Waals surface area contributed by atoms with Crippen molar-refractivity contribution in [2.24, 2.45) is 5.92 Å². The predicted molar refractivity (Wildman–Crippen MR) is 98.1 cm³/mol. The van der Waals surface area contributed by atoms with E-state index >= 15 is 0 Å². The molecule has 2 aromatic carbocycles. The summed E-state index contributed by atoms with van der Waals surface area (Å²) in [5.41, 5.74) is 2.49. The molecule has 1 atom stereocenters. The number of anilines is 2. The van der Waals surface area contributed by atoms with Crippen molar-refractivity contribution >= 4 is 34.8 Å². The third-order valence-electron chi connectivity index (χ3n) is 4.28. The van der Waals surface area contributed by atoms with Gasteiger partial charge in [0, 0.05) is 18.0 Å². The molecule has 1 aliphatic rings. The second-order valence-corrected chi connectivity index (χ2v) is 6.36. The van der Waals surface area contributed by atoms with Gasteiger partial charge in [-0.2, -0.15) is 0 Å². The van der Waals surface area contributed by atoms with Crippen LogP contribution in [0, 0.1) is 5.92 Å². The van der Waals surface area contributed by atoms with Crippen LogP contribution in [0.25, 0.3) is 0 Å². The number of halogens is 1. The lowest BCUT2D eigenvalue weighted by molar-refractivity contribution is -0.121. The van der Waals surface area contributed by atoms with Gasteiger partial charge in [0.15, 0.2) is 5.75 Å². The van der Waals surface area contributed by atoms with Crippen LogP contribution in [-0.4, -0.2) is 18.9 Å². The standard InChI is InChI=1S/C19H19ClN2O3/c1-25-18-14(20)6-4-8-16(18)21-17(23)10-9-13-11-12-5-2-3-7-15(12)22-19(13)24/h2-8,13H,9-11H2,1H3,(H,21,23)(H,22,24). The lowest BCUT2D eigenvalue weighted by atomic mass is 9.89. The summed E-state index contributed by atoms with van der Waals surface area (Å²) in [6, 6.07) is 12.9. The molecule has 0 radical (unpaired) electrons. The molecular weight excluding hydrogens is 340 g/mol. The summed E-state index contributed by atoms with van der Waals surface area (Å²) in [6.07, 6.45) is 1.38. The normalized spacial score (nSPS) is 15.9. The minimum Gasteiger partial charge on any atom is -0.493 e. The molecule has 0 aliphatic carbocycles. The van der Waals surface area contributed by atoms with Gasteiger partial charge in [-0.3, -0.25) is 9.59 Å². The Balaban J connectivity index is 1.60. The molecule has 130 valence electrons. The Hall–Kier alpha value is -2.53. The molecule has 5 nitrogen and oxygen atoms in total. The Morgan fingerprint density at radius 3 is 2.88 bits per heavy atom. The van der Waals surface area contributed by atoms with E-state index in [1.165, 1.54) is 7.11 Å². The Kier molecular flexibility index (Phi) is 5.24. The molecule has 0 spiro atoms. The molecule has 1 aliphatic heterocycles. The highest BCUT2D eigenvalue weighted by Gasteiger charge is 2.26. The topological polar surface area (TPSA) is 67.4 Å². The van der Waals surface area contributed by atoms with E-state index in [2.05, 4.69) is 10.6 Å². The van der Waals surface area contributed by atoms with E-state index in [0.29, 0.717) is 29.3 Å². The average molecular weight is 359 g/mol. The van der Waals surface area contributed by atoms with Crippen molar-refractivity contribution in [1.82, 2.24) is 0 Å². The molecule has 2 amide bonds. The van der Waals surface area contributed by atoms with E-state index in [1.807, 2.05) is 24.3 Å². The lowest BCUT2D eigenvalue weighted by Crippen LogP contribution is -2.30. The minimum absolute atomic E-state index is 0.0353. The zero-order valence-electron chi connectivity index (χ0n) is 13.8. The zero-order valence-corrected chi connectivity index (χ0v) is 14.6. The van der Waals surface area contributed by atoms with Gasteiger partial charge in [-0.15, -0.1) is 0 Å². The van der Waals surface area contributed by atoms with E-state index in [0.717, 1.165) is 11.3 Å². The smallest absolute Gasteiger partial charge is 0.227 e. The van der Waals surface area contributed by atoms with Crippen LogP contribution in [0.2, 0.25) is 5.02 Å². The molecule has 0 saturated carbocycles. The van der Waals surface area contributed by atoms with Crippen molar-refractivity contribution in [3.63, 3.8) is 0 Å². The van der Waals surface area contributed by atoms with Crippen LogP contribution < -0.4 is 15.4 Å². The van der Waals surface area contributed by atoms with Crippen LogP contribution in [0.1, 0.15) is 18.4 Å². The van der Waals surface area contributed by atoms with E-state index in [4.69, 9.17) is 16.3 Å². The van der Waals surface area contributed by atoms with Gasteiger partial charge in [-0.05, 0) is 36.6 Å². The third-order valence-corrected chi connectivity index (χ3v) is 4.58. The summed E-state index contributed by atoms with van der Waals surface area (Å²) < 4.78 is 5.22. The number of carbonyl (C=O) groups is 2. The van der Waals surface area contributed by atoms with Crippen LogP contribution in [0.5, 0.6) is 5.75 Å². The molecule has 1 unspecified atom stereocenters. The monoisotopic (exact) mass is 358 g/mol. The van der Waals surface area contributed by atoms with Crippen LogP contribution >= 0.6 is 11.6 Å². The van der Waals surface area contributed by atoms with Gasteiger partial charge >= 0.3 is 0 Å². The van der Waals surface area contributed by atoms with Gasteiger partial charge in [-0.1, -0.05) is 35.9 Å². The van der Waals surface area contributed by atoms with Crippen molar-refractivity contribution in [2.75, 3.05) is 17.7 Å². The summed E-state index contributed by atoms with van der Waals surface area (Å²) in [5, 5.41) is 6.13. The first kappa shape index (κ1) is 17.3. The maximum Gasteiger partial charge on any atom is 0.227 e. The molecule has 2 N–H and O–H groups in total.